The lowest BCUT2D eigenvalue weighted by atomic mass is 9.98. The maximum Gasteiger partial charge on any atom is 0.164 e. The van der Waals surface area contributed by atoms with E-state index in [1.807, 2.05) is 72.8 Å². The summed E-state index contributed by atoms with van der Waals surface area (Å²) in [6, 6.07) is 47.6. The highest BCUT2D eigenvalue weighted by Crippen LogP contribution is 2.36. The molecular formula is C37H23N3O. The molecule has 0 N–H and O–H groups in total. The highest BCUT2D eigenvalue weighted by atomic mass is 16.3. The maximum absolute atomic E-state index is 6.31. The zero-order valence-corrected chi connectivity index (χ0v) is 22.0. The first-order valence-electron chi connectivity index (χ1n) is 13.6. The largest absolute Gasteiger partial charge is 0.455 e. The number of hydrogen-bond acceptors (Lipinski definition) is 4. The third-order valence-electron chi connectivity index (χ3n) is 7.54. The molecule has 4 nitrogen and oxygen atoms in total. The van der Waals surface area contributed by atoms with Crippen molar-refractivity contribution in [3.8, 4) is 45.3 Å². The molecule has 0 radical (unpaired) electrons. The van der Waals surface area contributed by atoms with Crippen LogP contribution in [0.2, 0.25) is 0 Å². The molecule has 0 aliphatic heterocycles. The average molecular weight is 526 g/mol. The number of benzene rings is 6. The van der Waals surface area contributed by atoms with Crippen molar-refractivity contribution in [3.63, 3.8) is 0 Å². The van der Waals surface area contributed by atoms with Crippen molar-refractivity contribution >= 4 is 32.7 Å². The van der Waals surface area contributed by atoms with Crippen LogP contribution in [0.25, 0.3) is 78.0 Å². The van der Waals surface area contributed by atoms with Gasteiger partial charge in [-0.15, -0.1) is 0 Å². The van der Waals surface area contributed by atoms with Crippen LogP contribution < -0.4 is 0 Å². The van der Waals surface area contributed by atoms with Crippen LogP contribution in [0, 0.1) is 0 Å². The number of aromatic nitrogens is 3. The van der Waals surface area contributed by atoms with Crippen LogP contribution in [-0.4, -0.2) is 15.0 Å². The molecule has 8 aromatic rings. The molecule has 0 saturated carbocycles. The zero-order chi connectivity index (χ0) is 27.2. The van der Waals surface area contributed by atoms with Crippen molar-refractivity contribution in [2.45, 2.75) is 0 Å². The number of rotatable bonds is 4. The van der Waals surface area contributed by atoms with Crippen LogP contribution in [0.15, 0.2) is 144 Å². The Morgan fingerprint density at radius 2 is 0.878 bits per heavy atom. The van der Waals surface area contributed by atoms with Gasteiger partial charge in [0, 0.05) is 32.8 Å². The van der Waals surface area contributed by atoms with Gasteiger partial charge in [0.05, 0.1) is 0 Å². The van der Waals surface area contributed by atoms with Crippen LogP contribution in [0.5, 0.6) is 0 Å². The van der Waals surface area contributed by atoms with E-state index in [1.165, 1.54) is 0 Å². The molecule has 0 amide bonds. The van der Waals surface area contributed by atoms with Gasteiger partial charge in [0.25, 0.3) is 0 Å². The summed E-state index contributed by atoms with van der Waals surface area (Å²) in [5.74, 6) is 1.96. The van der Waals surface area contributed by atoms with Crippen LogP contribution in [0.4, 0.5) is 0 Å². The summed E-state index contributed by atoms with van der Waals surface area (Å²) in [7, 11) is 0. The fourth-order valence-electron chi connectivity index (χ4n) is 5.43. The van der Waals surface area contributed by atoms with Gasteiger partial charge in [0.15, 0.2) is 17.5 Å². The maximum atomic E-state index is 6.31. The third-order valence-corrected chi connectivity index (χ3v) is 7.54. The number of furan rings is 1. The Balaban J connectivity index is 1.21. The Kier molecular flexibility index (Phi) is 5.42. The van der Waals surface area contributed by atoms with E-state index in [9.17, 15) is 0 Å². The van der Waals surface area contributed by atoms with Gasteiger partial charge in [-0.1, -0.05) is 121 Å². The molecule has 0 aliphatic rings. The number of nitrogens with zero attached hydrogens (tertiary/aromatic N) is 3. The summed E-state index contributed by atoms with van der Waals surface area (Å²) >= 11 is 0. The minimum atomic E-state index is 0.645. The fourth-order valence-corrected chi connectivity index (χ4v) is 5.43. The van der Waals surface area contributed by atoms with Gasteiger partial charge in [-0.3, -0.25) is 0 Å². The van der Waals surface area contributed by atoms with Gasteiger partial charge in [0.2, 0.25) is 0 Å². The van der Waals surface area contributed by atoms with Crippen LogP contribution in [-0.2, 0) is 0 Å². The van der Waals surface area contributed by atoms with E-state index < -0.39 is 0 Å². The molecule has 0 spiro atoms. The smallest absolute Gasteiger partial charge is 0.164 e. The van der Waals surface area contributed by atoms with E-state index in [0.717, 1.165) is 60.5 Å². The van der Waals surface area contributed by atoms with Crippen molar-refractivity contribution < 1.29 is 4.42 Å². The summed E-state index contributed by atoms with van der Waals surface area (Å²) in [6.45, 7) is 0. The second kappa shape index (κ2) is 9.54. The highest BCUT2D eigenvalue weighted by molar-refractivity contribution is 6.15. The molecule has 0 atom stereocenters. The van der Waals surface area contributed by atoms with E-state index in [1.54, 1.807) is 0 Å². The molecule has 0 fully saturated rings. The van der Waals surface area contributed by atoms with E-state index in [4.69, 9.17) is 19.4 Å². The van der Waals surface area contributed by atoms with Crippen molar-refractivity contribution in [1.29, 1.82) is 0 Å². The molecule has 192 valence electrons. The Bertz CT molecular complexity index is 2130. The highest BCUT2D eigenvalue weighted by Gasteiger charge is 2.14. The van der Waals surface area contributed by atoms with Gasteiger partial charge >= 0.3 is 0 Å². The molecule has 0 unspecified atom stereocenters. The lowest BCUT2D eigenvalue weighted by molar-refractivity contribution is 0.672. The van der Waals surface area contributed by atoms with Gasteiger partial charge in [-0.2, -0.15) is 0 Å². The number of fused-ring (bicyclic) bond motifs is 5. The van der Waals surface area contributed by atoms with E-state index in [-0.39, 0.29) is 0 Å². The topological polar surface area (TPSA) is 51.8 Å². The Morgan fingerprint density at radius 1 is 0.366 bits per heavy atom. The van der Waals surface area contributed by atoms with Crippen molar-refractivity contribution in [2.24, 2.45) is 0 Å². The summed E-state index contributed by atoms with van der Waals surface area (Å²) < 4.78 is 6.31. The minimum absolute atomic E-state index is 0.645. The van der Waals surface area contributed by atoms with Crippen molar-refractivity contribution in [2.75, 3.05) is 0 Å². The molecule has 0 bridgehead atoms. The third kappa shape index (κ3) is 4.14. The van der Waals surface area contributed by atoms with E-state index in [0.29, 0.717) is 17.5 Å². The van der Waals surface area contributed by atoms with Crippen molar-refractivity contribution in [1.82, 2.24) is 15.0 Å². The SMILES string of the molecule is c1ccc(-c2nc(-c3ccccc3)nc(-c3ccc(-c4ccc5ccc6c7ccccc7oc6c5c4)cc3)n2)cc1. The molecule has 0 aliphatic carbocycles. The number of hydrogen-bond donors (Lipinski definition) is 0. The molecule has 6 aromatic carbocycles. The molecule has 41 heavy (non-hydrogen) atoms. The van der Waals surface area contributed by atoms with E-state index >= 15 is 0 Å². The number of para-hydroxylation sites is 1. The molecule has 2 aromatic heterocycles. The first-order chi connectivity index (χ1) is 20.3. The van der Waals surface area contributed by atoms with Crippen LogP contribution >= 0.6 is 0 Å². The lowest BCUT2D eigenvalue weighted by Gasteiger charge is -2.09. The quantitative estimate of drug-likeness (QED) is 0.230. The molecule has 2 heterocycles. The summed E-state index contributed by atoms with van der Waals surface area (Å²) in [5.41, 5.74) is 6.93. The van der Waals surface area contributed by atoms with Crippen LogP contribution in [0.1, 0.15) is 0 Å². The van der Waals surface area contributed by atoms with Gasteiger partial charge < -0.3 is 4.42 Å². The van der Waals surface area contributed by atoms with Crippen molar-refractivity contribution in [3.05, 3.63) is 140 Å². The minimum Gasteiger partial charge on any atom is -0.455 e. The Labute approximate surface area is 236 Å². The summed E-state index contributed by atoms with van der Waals surface area (Å²) in [5, 5.41) is 4.54. The molecular weight excluding hydrogens is 502 g/mol. The molecule has 4 heteroatoms. The predicted molar refractivity (Wildman–Crippen MR) is 166 cm³/mol. The summed E-state index contributed by atoms with van der Waals surface area (Å²) in [4.78, 5) is 14.5. The predicted octanol–water partition coefficient (Wildman–Crippen LogP) is 9.59. The average Bonchev–Trinajstić information content (AvgIpc) is 3.45. The fraction of sp³-hybridized carbons (Fsp3) is 0. The standard InChI is InChI=1S/C37H23N3O/c1-3-9-26(10-4-1)35-38-36(27-11-5-2-6-12-27)40-37(39-35)28-18-15-24(16-19-28)29-20-17-25-21-22-31-30-13-7-8-14-33(30)41-34(31)32(25)23-29/h1-23H. The second-order valence-electron chi connectivity index (χ2n) is 10.1. The second-order valence-corrected chi connectivity index (χ2v) is 10.1. The van der Waals surface area contributed by atoms with Gasteiger partial charge in [-0.05, 0) is 34.7 Å². The van der Waals surface area contributed by atoms with Crippen LogP contribution in [0.3, 0.4) is 0 Å². The normalized spacial score (nSPS) is 11.4. The lowest BCUT2D eigenvalue weighted by Crippen LogP contribution is -2.00. The Hall–Kier alpha value is -5.61. The van der Waals surface area contributed by atoms with Gasteiger partial charge in [0.1, 0.15) is 11.2 Å². The monoisotopic (exact) mass is 525 g/mol. The van der Waals surface area contributed by atoms with E-state index in [2.05, 4.69) is 66.7 Å². The first-order valence-corrected chi connectivity index (χ1v) is 13.6. The zero-order valence-electron chi connectivity index (χ0n) is 22.0. The first kappa shape index (κ1) is 23.3. The molecule has 8 rings (SSSR count). The Morgan fingerprint density at radius 3 is 1.54 bits per heavy atom. The molecule has 0 saturated heterocycles. The summed E-state index contributed by atoms with van der Waals surface area (Å²) in [6.07, 6.45) is 0. The van der Waals surface area contributed by atoms with Gasteiger partial charge in [-0.25, -0.2) is 15.0 Å².